The van der Waals surface area contributed by atoms with E-state index in [1.165, 1.54) is 24.5 Å². The van der Waals surface area contributed by atoms with Crippen LogP contribution in [0.3, 0.4) is 0 Å². The van der Waals surface area contributed by atoms with Crippen LogP contribution >= 0.6 is 0 Å². The van der Waals surface area contributed by atoms with Crippen LogP contribution < -0.4 is 20.1 Å². The monoisotopic (exact) mass is 958 g/mol. The van der Waals surface area contributed by atoms with Crippen molar-refractivity contribution >= 4 is 35.1 Å². The number of carbonyl (C=O) groups excluding carboxylic acids is 2. The quantitative estimate of drug-likeness (QED) is 0.0536. The molecule has 6 aromatic rings. The Kier molecular flexibility index (Phi) is 16.1. The van der Waals surface area contributed by atoms with Gasteiger partial charge in [-0.2, -0.15) is 8.78 Å². The summed E-state index contributed by atoms with van der Waals surface area (Å²) in [5.41, 5.74) is 8.05. The number of carboxylic acid groups (broad SMARTS) is 2. The lowest BCUT2D eigenvalue weighted by atomic mass is 10.0. The first-order chi connectivity index (χ1) is 33.6. The smallest absolute Gasteiger partial charge is 0.307 e. The number of ether oxygens (including phenoxy) is 2. The average molecular weight is 959 g/mol. The SMILES string of the molecule is CC[C@H](C)n1c(CCOc2ccnc(F)c2)ccc1C(=O)Nc1cc([C@@H]2C[C@H]2C(=O)O)ccc1C.CC[C@H](C)n1c(CCOc2ccnc(F)c2)ccc1C(=O)Nc1cc([C@H]2C[C@@H]2C(=O)O)ccc1C. The number of benzene rings is 2. The molecule has 2 aliphatic rings. The Labute approximate surface area is 406 Å². The first-order valence-electron chi connectivity index (χ1n) is 23.7. The van der Waals surface area contributed by atoms with Crippen LogP contribution in [0.15, 0.2) is 97.3 Å². The van der Waals surface area contributed by atoms with Gasteiger partial charge >= 0.3 is 11.9 Å². The fourth-order valence-electron chi connectivity index (χ4n) is 8.72. The van der Waals surface area contributed by atoms with Gasteiger partial charge in [0, 0.05) is 72.2 Å². The van der Waals surface area contributed by atoms with Gasteiger partial charge in [0.25, 0.3) is 11.8 Å². The minimum absolute atomic E-state index is 0.00630. The van der Waals surface area contributed by atoms with Crippen molar-refractivity contribution in [1.29, 1.82) is 0 Å². The van der Waals surface area contributed by atoms with Crippen LogP contribution in [-0.4, -0.2) is 66.3 Å². The predicted molar refractivity (Wildman–Crippen MR) is 261 cm³/mol. The first-order valence-corrected chi connectivity index (χ1v) is 23.7. The van der Waals surface area contributed by atoms with E-state index < -0.39 is 23.8 Å². The number of amides is 2. The van der Waals surface area contributed by atoms with E-state index in [1.807, 2.05) is 83.6 Å². The predicted octanol–water partition coefficient (Wildman–Crippen LogP) is 10.7. The van der Waals surface area contributed by atoms with Gasteiger partial charge in [-0.1, -0.05) is 38.1 Å². The van der Waals surface area contributed by atoms with Gasteiger partial charge in [0.2, 0.25) is 11.9 Å². The van der Waals surface area contributed by atoms with Crippen molar-refractivity contribution < 1.29 is 47.6 Å². The molecule has 0 bridgehead atoms. The number of aryl methyl sites for hydroxylation is 2. The summed E-state index contributed by atoms with van der Waals surface area (Å²) in [7, 11) is 0. The summed E-state index contributed by atoms with van der Waals surface area (Å²) in [5.74, 6) is -3.08. The molecule has 2 amide bonds. The zero-order valence-corrected chi connectivity index (χ0v) is 40.2. The van der Waals surface area contributed by atoms with E-state index in [-0.39, 0.29) is 47.6 Å². The molecule has 368 valence electrons. The number of hydrogen-bond donors (Lipinski definition) is 4. The molecule has 0 unspecified atom stereocenters. The van der Waals surface area contributed by atoms with Crippen LogP contribution in [0.1, 0.15) is 132 Å². The Morgan fingerprint density at radius 1 is 0.629 bits per heavy atom. The highest BCUT2D eigenvalue weighted by Crippen LogP contribution is 2.49. The summed E-state index contributed by atoms with van der Waals surface area (Å²) in [4.78, 5) is 56.2. The Hall–Kier alpha value is -7.36. The standard InChI is InChI=1S/2C27H30FN3O4/c2*1-4-17(3)31-19(10-12-35-20-9-11-29-25(28)14-20)7-8-24(31)26(32)30-23-13-18(6-5-16(23)2)21-15-22(21)27(33)34/h2*5-9,11,13-14,17,21-22H,4,10,12,15H2,1-3H3,(H,30,32)(H,33,34)/t17-,21+,22-;17-,21-,22+/m00/s1. The number of anilines is 2. The molecule has 6 atom stereocenters. The number of aromatic nitrogens is 4. The van der Waals surface area contributed by atoms with Gasteiger partial charge in [-0.05, 0) is 136 Å². The van der Waals surface area contributed by atoms with Gasteiger partial charge in [-0.25, -0.2) is 9.97 Å². The molecule has 0 aliphatic heterocycles. The molecule has 2 fully saturated rings. The van der Waals surface area contributed by atoms with Crippen LogP contribution in [0.25, 0.3) is 0 Å². The highest BCUT2D eigenvalue weighted by atomic mass is 19.1. The number of carboxylic acids is 2. The summed E-state index contributed by atoms with van der Waals surface area (Å²) >= 11 is 0. The molecule has 4 heterocycles. The third kappa shape index (κ3) is 12.3. The number of carbonyl (C=O) groups is 4. The van der Waals surface area contributed by atoms with E-state index in [0.717, 1.165) is 46.5 Å². The van der Waals surface area contributed by atoms with Crippen LogP contribution in [-0.2, 0) is 22.4 Å². The second kappa shape index (κ2) is 22.4. The Bertz CT molecular complexity index is 2670. The summed E-state index contributed by atoms with van der Waals surface area (Å²) in [6.07, 6.45) is 6.74. The third-order valence-corrected chi connectivity index (χ3v) is 13.3. The van der Waals surface area contributed by atoms with Crippen molar-refractivity contribution in [2.24, 2.45) is 11.8 Å². The second-order valence-corrected chi connectivity index (χ2v) is 18.1. The van der Waals surface area contributed by atoms with E-state index in [9.17, 15) is 38.2 Å². The van der Waals surface area contributed by atoms with Crippen molar-refractivity contribution in [3.8, 4) is 11.5 Å². The summed E-state index contributed by atoms with van der Waals surface area (Å²) < 4.78 is 42.0. The van der Waals surface area contributed by atoms with Crippen molar-refractivity contribution in [3.63, 3.8) is 0 Å². The Balaban J connectivity index is 0.000000206. The van der Waals surface area contributed by atoms with Gasteiger partial charge in [0.1, 0.15) is 22.9 Å². The highest BCUT2D eigenvalue weighted by molar-refractivity contribution is 6.04. The number of aliphatic carboxylic acids is 2. The molecule has 0 radical (unpaired) electrons. The molecule has 70 heavy (non-hydrogen) atoms. The molecule has 2 saturated carbocycles. The van der Waals surface area contributed by atoms with E-state index in [1.54, 1.807) is 12.1 Å². The van der Waals surface area contributed by atoms with Crippen LogP contribution in [0.2, 0.25) is 0 Å². The van der Waals surface area contributed by atoms with Crippen molar-refractivity contribution in [2.45, 2.75) is 104 Å². The van der Waals surface area contributed by atoms with Crippen LogP contribution in [0, 0.1) is 37.6 Å². The number of rotatable bonds is 20. The van der Waals surface area contributed by atoms with Crippen molar-refractivity contribution in [1.82, 2.24) is 19.1 Å². The lowest BCUT2D eigenvalue weighted by Crippen LogP contribution is -2.21. The Morgan fingerprint density at radius 2 is 1.03 bits per heavy atom. The molecule has 0 spiro atoms. The molecule has 4 aromatic heterocycles. The van der Waals surface area contributed by atoms with Crippen LogP contribution in [0.5, 0.6) is 11.5 Å². The number of halogens is 2. The van der Waals surface area contributed by atoms with E-state index in [4.69, 9.17) is 9.47 Å². The fourth-order valence-corrected chi connectivity index (χ4v) is 8.72. The number of nitrogens with one attached hydrogen (secondary N) is 2. The third-order valence-electron chi connectivity index (χ3n) is 13.3. The van der Waals surface area contributed by atoms with Gasteiger partial charge in [0.05, 0.1) is 25.0 Å². The largest absolute Gasteiger partial charge is 0.493 e. The van der Waals surface area contributed by atoms with Gasteiger partial charge < -0.3 is 39.5 Å². The topological polar surface area (TPSA) is 187 Å². The molecular weight excluding hydrogens is 899 g/mol. The maximum atomic E-state index is 13.3. The first kappa shape index (κ1) is 50.5. The number of pyridine rings is 2. The van der Waals surface area contributed by atoms with Crippen molar-refractivity contribution in [2.75, 3.05) is 23.8 Å². The molecule has 8 rings (SSSR count). The Morgan fingerprint density at radius 3 is 1.37 bits per heavy atom. The number of hydrogen-bond acceptors (Lipinski definition) is 8. The molecule has 0 saturated heterocycles. The minimum atomic E-state index is -0.780. The normalized spacial score (nSPS) is 17.6. The van der Waals surface area contributed by atoms with Crippen LogP contribution in [0.4, 0.5) is 20.2 Å². The van der Waals surface area contributed by atoms with E-state index in [2.05, 4.69) is 48.3 Å². The number of nitrogens with zero attached hydrogens (tertiary/aromatic N) is 4. The molecule has 14 nitrogen and oxygen atoms in total. The van der Waals surface area contributed by atoms with Gasteiger partial charge in [-0.15, -0.1) is 0 Å². The summed E-state index contributed by atoms with van der Waals surface area (Å²) in [6, 6.07) is 24.8. The summed E-state index contributed by atoms with van der Waals surface area (Å²) in [5, 5.41) is 24.6. The average Bonchev–Trinajstić information content (AvgIpc) is 4.24. The molecule has 2 aromatic carbocycles. The van der Waals surface area contributed by atoms with Crippen molar-refractivity contribution in [3.05, 3.63) is 154 Å². The second-order valence-electron chi connectivity index (χ2n) is 18.1. The van der Waals surface area contributed by atoms with Gasteiger partial charge in [-0.3, -0.25) is 19.2 Å². The maximum absolute atomic E-state index is 13.3. The highest BCUT2D eigenvalue weighted by Gasteiger charge is 2.45. The lowest BCUT2D eigenvalue weighted by Gasteiger charge is -2.20. The molecular formula is C54H60F2N6O8. The lowest BCUT2D eigenvalue weighted by molar-refractivity contribution is -0.139. The molecule has 4 N–H and O–H groups in total. The van der Waals surface area contributed by atoms with E-state index in [0.29, 0.717) is 73.2 Å². The summed E-state index contributed by atoms with van der Waals surface area (Å²) in [6.45, 7) is 12.7. The van der Waals surface area contributed by atoms with Gasteiger partial charge in [0.15, 0.2) is 0 Å². The fraction of sp³-hybridized carbons (Fsp3) is 0.370. The zero-order chi connectivity index (χ0) is 50.2. The minimum Gasteiger partial charge on any atom is -0.493 e. The molecule has 2 aliphatic carbocycles. The molecule has 16 heteroatoms. The maximum Gasteiger partial charge on any atom is 0.307 e. The zero-order valence-electron chi connectivity index (χ0n) is 40.2. The van der Waals surface area contributed by atoms with E-state index >= 15 is 0 Å².